The minimum absolute atomic E-state index is 0.0464. The Morgan fingerprint density at radius 3 is 2.04 bits per heavy atom. The highest BCUT2D eigenvalue weighted by atomic mass is 16.5. The summed E-state index contributed by atoms with van der Waals surface area (Å²) in [6.07, 6.45) is 1.84. The molecule has 0 aliphatic carbocycles. The molecule has 2 aromatic rings. The van der Waals surface area contributed by atoms with Crippen LogP contribution in [0.25, 0.3) is 0 Å². The number of fused-ring (bicyclic) bond motifs is 2. The van der Waals surface area contributed by atoms with Crippen molar-refractivity contribution in [1.29, 1.82) is 0 Å². The smallest absolute Gasteiger partial charge is 0.328 e. The van der Waals surface area contributed by atoms with Crippen LogP contribution in [0.2, 0.25) is 0 Å². The predicted octanol–water partition coefficient (Wildman–Crippen LogP) is 2.97. The fraction of sp³-hybridized carbons (Fsp3) is 0.158. The van der Waals surface area contributed by atoms with E-state index >= 15 is 0 Å². The minimum Gasteiger partial charge on any atom is -0.482 e. The zero-order valence-electron chi connectivity index (χ0n) is 13.9. The van der Waals surface area contributed by atoms with Crippen molar-refractivity contribution in [3.8, 4) is 17.2 Å². The summed E-state index contributed by atoms with van der Waals surface area (Å²) in [5.41, 5.74) is 6.72. The van der Waals surface area contributed by atoms with E-state index in [0.717, 1.165) is 29.2 Å². The quantitative estimate of drug-likeness (QED) is 0.720. The summed E-state index contributed by atoms with van der Waals surface area (Å²) >= 11 is 0. The van der Waals surface area contributed by atoms with Gasteiger partial charge in [0.05, 0.1) is 0 Å². The third kappa shape index (κ3) is 5.35. The van der Waals surface area contributed by atoms with Gasteiger partial charge in [0.25, 0.3) is 0 Å². The normalized spacial score (nSPS) is 14.6. The standard InChI is InChI=1S/C15H15NO2.C4H4O4/c16-10-9-13-11-5-1-2-6-12(11)17-14-7-3-4-8-15(14)18-13;5-3(6)1-2-4(7)8/h1-8,13H,9-10,16H2;1-2H,(H,5,6)(H,7,8). The number of carboxylic acid groups (broad SMARTS) is 2. The van der Waals surface area contributed by atoms with Gasteiger partial charge in [-0.15, -0.1) is 0 Å². The van der Waals surface area contributed by atoms with Crippen LogP contribution < -0.4 is 15.2 Å². The highest BCUT2D eigenvalue weighted by molar-refractivity contribution is 5.89. The number of carboxylic acids is 2. The largest absolute Gasteiger partial charge is 0.482 e. The second kappa shape index (κ2) is 9.24. The molecule has 0 bridgehead atoms. The van der Waals surface area contributed by atoms with E-state index in [4.69, 9.17) is 25.4 Å². The Morgan fingerprint density at radius 2 is 1.46 bits per heavy atom. The highest BCUT2D eigenvalue weighted by Gasteiger charge is 2.23. The molecule has 7 nitrogen and oxygen atoms in total. The van der Waals surface area contributed by atoms with Crippen LogP contribution in [0.1, 0.15) is 18.1 Å². The lowest BCUT2D eigenvalue weighted by Gasteiger charge is -2.16. The number of carbonyl (C=O) groups is 2. The van der Waals surface area contributed by atoms with Crippen LogP contribution in [0.3, 0.4) is 0 Å². The van der Waals surface area contributed by atoms with Gasteiger partial charge in [-0.1, -0.05) is 30.3 Å². The molecule has 1 unspecified atom stereocenters. The van der Waals surface area contributed by atoms with E-state index < -0.39 is 11.9 Å². The van der Waals surface area contributed by atoms with Crippen LogP contribution in [-0.2, 0) is 9.59 Å². The summed E-state index contributed by atoms with van der Waals surface area (Å²) in [6.45, 7) is 0.584. The molecule has 2 aromatic carbocycles. The molecule has 1 atom stereocenters. The number of ether oxygens (including phenoxy) is 2. The Morgan fingerprint density at radius 1 is 0.923 bits per heavy atom. The van der Waals surface area contributed by atoms with E-state index in [1.165, 1.54) is 0 Å². The molecule has 3 rings (SSSR count). The molecule has 0 fully saturated rings. The summed E-state index contributed by atoms with van der Waals surface area (Å²) < 4.78 is 11.9. The van der Waals surface area contributed by atoms with Crippen molar-refractivity contribution in [3.05, 3.63) is 66.2 Å². The van der Waals surface area contributed by atoms with Gasteiger partial charge < -0.3 is 25.4 Å². The first-order valence-corrected chi connectivity index (χ1v) is 7.87. The number of para-hydroxylation sites is 3. The number of nitrogens with two attached hydrogens (primary N) is 1. The first-order valence-electron chi connectivity index (χ1n) is 7.87. The summed E-state index contributed by atoms with van der Waals surface area (Å²) in [7, 11) is 0. The number of benzene rings is 2. The molecule has 7 heteroatoms. The van der Waals surface area contributed by atoms with Gasteiger partial charge in [-0.2, -0.15) is 0 Å². The van der Waals surface area contributed by atoms with E-state index in [-0.39, 0.29) is 6.10 Å². The molecule has 0 saturated heterocycles. The van der Waals surface area contributed by atoms with E-state index in [1.807, 2.05) is 48.5 Å². The zero-order chi connectivity index (χ0) is 18.9. The van der Waals surface area contributed by atoms with Crippen LogP contribution in [0.15, 0.2) is 60.7 Å². The summed E-state index contributed by atoms with van der Waals surface area (Å²) in [5.74, 6) is -0.141. The topological polar surface area (TPSA) is 119 Å². The maximum Gasteiger partial charge on any atom is 0.328 e. The predicted molar refractivity (Wildman–Crippen MR) is 94.4 cm³/mol. The third-order valence-electron chi connectivity index (χ3n) is 3.40. The van der Waals surface area contributed by atoms with Gasteiger partial charge in [0.1, 0.15) is 11.9 Å². The Balaban J connectivity index is 0.000000260. The molecule has 1 aliphatic rings. The molecule has 1 heterocycles. The molecule has 136 valence electrons. The zero-order valence-corrected chi connectivity index (χ0v) is 13.9. The van der Waals surface area contributed by atoms with Crippen molar-refractivity contribution in [2.45, 2.75) is 12.5 Å². The molecule has 4 N–H and O–H groups in total. The summed E-state index contributed by atoms with van der Waals surface area (Å²) in [4.78, 5) is 19.1. The van der Waals surface area contributed by atoms with Crippen molar-refractivity contribution in [3.63, 3.8) is 0 Å². The molecule has 0 saturated carbocycles. The average molecular weight is 357 g/mol. The van der Waals surface area contributed by atoms with Crippen molar-refractivity contribution < 1.29 is 29.3 Å². The van der Waals surface area contributed by atoms with Gasteiger partial charge in [-0.05, 0) is 24.7 Å². The molecule has 1 aliphatic heterocycles. The van der Waals surface area contributed by atoms with E-state index in [0.29, 0.717) is 18.7 Å². The number of hydrogen-bond donors (Lipinski definition) is 3. The van der Waals surface area contributed by atoms with Crippen LogP contribution in [-0.4, -0.2) is 28.7 Å². The summed E-state index contributed by atoms with van der Waals surface area (Å²) in [6, 6.07) is 15.7. The molecule has 0 radical (unpaired) electrons. The van der Waals surface area contributed by atoms with Gasteiger partial charge in [0.2, 0.25) is 0 Å². The van der Waals surface area contributed by atoms with Gasteiger partial charge >= 0.3 is 11.9 Å². The van der Waals surface area contributed by atoms with Gasteiger partial charge in [-0.25, -0.2) is 9.59 Å². The van der Waals surface area contributed by atoms with E-state index in [9.17, 15) is 9.59 Å². The van der Waals surface area contributed by atoms with Crippen molar-refractivity contribution >= 4 is 11.9 Å². The minimum atomic E-state index is -1.26. The van der Waals surface area contributed by atoms with Crippen molar-refractivity contribution in [2.75, 3.05) is 6.54 Å². The first-order chi connectivity index (χ1) is 12.5. The molecular formula is C19H19NO6. The third-order valence-corrected chi connectivity index (χ3v) is 3.40. The van der Waals surface area contributed by atoms with Crippen LogP contribution >= 0.6 is 0 Å². The lowest BCUT2D eigenvalue weighted by atomic mass is 10.1. The maximum absolute atomic E-state index is 9.55. The second-order valence-corrected chi connectivity index (χ2v) is 5.28. The van der Waals surface area contributed by atoms with Crippen LogP contribution in [0.4, 0.5) is 0 Å². The van der Waals surface area contributed by atoms with Gasteiger partial charge in [0.15, 0.2) is 11.5 Å². The number of hydrogen-bond acceptors (Lipinski definition) is 5. The Labute approximate surface area is 150 Å². The molecular weight excluding hydrogens is 338 g/mol. The second-order valence-electron chi connectivity index (χ2n) is 5.28. The van der Waals surface area contributed by atoms with Crippen molar-refractivity contribution in [2.24, 2.45) is 5.73 Å². The number of rotatable bonds is 4. The Bertz CT molecular complexity index is 786. The van der Waals surface area contributed by atoms with Gasteiger partial charge in [-0.3, -0.25) is 0 Å². The van der Waals surface area contributed by atoms with E-state index in [1.54, 1.807) is 0 Å². The molecule has 0 amide bonds. The molecule has 0 spiro atoms. The first kappa shape index (κ1) is 19.0. The van der Waals surface area contributed by atoms with Gasteiger partial charge in [0, 0.05) is 24.1 Å². The SMILES string of the molecule is NCCC1Oc2ccccc2Oc2ccccc21.O=C(O)C=CC(=O)O. The average Bonchev–Trinajstić information content (AvgIpc) is 2.77. The van der Waals surface area contributed by atoms with Crippen molar-refractivity contribution in [1.82, 2.24) is 0 Å². The fourth-order valence-corrected chi connectivity index (χ4v) is 2.31. The highest BCUT2D eigenvalue weighted by Crippen LogP contribution is 2.42. The number of aliphatic carboxylic acids is 2. The Hall–Kier alpha value is -3.32. The molecule has 26 heavy (non-hydrogen) atoms. The summed E-state index contributed by atoms with van der Waals surface area (Å²) in [5, 5.41) is 15.6. The Kier molecular flexibility index (Phi) is 6.75. The maximum atomic E-state index is 9.55. The monoisotopic (exact) mass is 357 g/mol. The van der Waals surface area contributed by atoms with Crippen LogP contribution in [0, 0.1) is 0 Å². The lowest BCUT2D eigenvalue weighted by Crippen LogP contribution is -2.12. The molecule has 0 aromatic heterocycles. The van der Waals surface area contributed by atoms with E-state index in [2.05, 4.69) is 0 Å². The fourth-order valence-electron chi connectivity index (χ4n) is 2.31. The van der Waals surface area contributed by atoms with Crippen LogP contribution in [0.5, 0.6) is 17.2 Å². The lowest BCUT2D eigenvalue weighted by molar-refractivity contribution is -0.134.